The standard InChI is InChI=1S/C20H18F3N3O3/c21-20(22,23)17-11-15(26-7-9-28-10-8-26)3-6-18(17)25-19(27)13-29-16-4-1-14(12-24)2-5-16/h1-6,11H,7-10,13H2,(H,25,27). The van der Waals surface area contributed by atoms with E-state index in [1.807, 2.05) is 6.07 Å². The lowest BCUT2D eigenvalue weighted by Gasteiger charge is -2.29. The Morgan fingerprint density at radius 3 is 2.48 bits per heavy atom. The number of nitrogens with zero attached hydrogens (tertiary/aromatic N) is 2. The number of hydrogen-bond acceptors (Lipinski definition) is 5. The number of anilines is 2. The first-order chi connectivity index (χ1) is 13.9. The van der Waals surface area contributed by atoms with Gasteiger partial charge in [0.15, 0.2) is 6.61 Å². The molecule has 1 amide bonds. The van der Waals surface area contributed by atoms with E-state index in [9.17, 15) is 18.0 Å². The number of carbonyl (C=O) groups excluding carboxylic acids is 1. The van der Waals surface area contributed by atoms with Gasteiger partial charge in [-0.1, -0.05) is 0 Å². The average Bonchev–Trinajstić information content (AvgIpc) is 2.73. The zero-order valence-electron chi connectivity index (χ0n) is 15.3. The van der Waals surface area contributed by atoms with Crippen LogP contribution in [0.15, 0.2) is 42.5 Å². The second kappa shape index (κ2) is 8.84. The summed E-state index contributed by atoms with van der Waals surface area (Å²) < 4.78 is 51.0. The molecular weight excluding hydrogens is 387 g/mol. The Bertz CT molecular complexity index is 902. The molecule has 1 saturated heterocycles. The Hall–Kier alpha value is -3.25. The second-order valence-electron chi connectivity index (χ2n) is 6.30. The molecular formula is C20H18F3N3O3. The van der Waals surface area contributed by atoms with Crippen LogP contribution in [0.4, 0.5) is 24.5 Å². The van der Waals surface area contributed by atoms with E-state index >= 15 is 0 Å². The molecule has 2 aromatic carbocycles. The summed E-state index contributed by atoms with van der Waals surface area (Å²) in [6.07, 6.45) is -4.63. The van der Waals surface area contributed by atoms with Gasteiger partial charge in [0.1, 0.15) is 5.75 Å². The van der Waals surface area contributed by atoms with Gasteiger partial charge >= 0.3 is 6.18 Å². The predicted molar refractivity (Wildman–Crippen MR) is 99.8 cm³/mol. The van der Waals surface area contributed by atoms with Crippen LogP contribution in [0.25, 0.3) is 0 Å². The van der Waals surface area contributed by atoms with Crippen molar-refractivity contribution < 1.29 is 27.4 Å². The molecule has 0 aromatic heterocycles. The maximum Gasteiger partial charge on any atom is 0.418 e. The summed E-state index contributed by atoms with van der Waals surface area (Å²) >= 11 is 0. The van der Waals surface area contributed by atoms with Crippen molar-refractivity contribution in [2.45, 2.75) is 6.18 Å². The highest BCUT2D eigenvalue weighted by Crippen LogP contribution is 2.37. The molecule has 6 nitrogen and oxygen atoms in total. The summed E-state index contributed by atoms with van der Waals surface area (Å²) in [5, 5.41) is 11.0. The van der Waals surface area contributed by atoms with Crippen LogP contribution < -0.4 is 15.0 Å². The van der Waals surface area contributed by atoms with Crippen molar-refractivity contribution in [3.8, 4) is 11.8 Å². The number of rotatable bonds is 5. The van der Waals surface area contributed by atoms with E-state index < -0.39 is 24.3 Å². The zero-order valence-corrected chi connectivity index (χ0v) is 15.3. The smallest absolute Gasteiger partial charge is 0.418 e. The SMILES string of the molecule is N#Cc1ccc(OCC(=O)Nc2ccc(N3CCOCC3)cc2C(F)(F)F)cc1. The van der Waals surface area contributed by atoms with E-state index in [2.05, 4.69) is 5.32 Å². The molecule has 0 spiro atoms. The Morgan fingerprint density at radius 2 is 1.86 bits per heavy atom. The number of carbonyl (C=O) groups is 1. The number of morpholine rings is 1. The Kier molecular flexibility index (Phi) is 6.24. The van der Waals surface area contributed by atoms with E-state index in [-0.39, 0.29) is 5.69 Å². The predicted octanol–water partition coefficient (Wildman–Crippen LogP) is 3.43. The van der Waals surface area contributed by atoms with Gasteiger partial charge in [-0.2, -0.15) is 18.4 Å². The molecule has 1 aliphatic rings. The van der Waals surface area contributed by atoms with Gasteiger partial charge in [-0.25, -0.2) is 0 Å². The van der Waals surface area contributed by atoms with Crippen molar-refractivity contribution in [3.05, 3.63) is 53.6 Å². The van der Waals surface area contributed by atoms with E-state index in [4.69, 9.17) is 14.7 Å². The number of ether oxygens (including phenoxy) is 2. The molecule has 0 aliphatic carbocycles. The van der Waals surface area contributed by atoms with Crippen LogP contribution in [0.2, 0.25) is 0 Å². The topological polar surface area (TPSA) is 74.6 Å². The number of amides is 1. The molecule has 3 rings (SSSR count). The van der Waals surface area contributed by atoms with E-state index in [1.54, 1.807) is 4.90 Å². The normalized spacial score (nSPS) is 14.2. The van der Waals surface area contributed by atoms with Crippen LogP contribution in [0.1, 0.15) is 11.1 Å². The third-order valence-corrected chi connectivity index (χ3v) is 4.31. The van der Waals surface area contributed by atoms with Gasteiger partial charge in [0.25, 0.3) is 5.91 Å². The highest BCUT2D eigenvalue weighted by molar-refractivity contribution is 5.93. The van der Waals surface area contributed by atoms with Crippen LogP contribution in [0, 0.1) is 11.3 Å². The number of hydrogen-bond donors (Lipinski definition) is 1. The minimum absolute atomic E-state index is 0.331. The monoisotopic (exact) mass is 405 g/mol. The highest BCUT2D eigenvalue weighted by atomic mass is 19.4. The van der Waals surface area contributed by atoms with Gasteiger partial charge < -0.3 is 19.7 Å². The maximum atomic E-state index is 13.5. The molecule has 2 aromatic rings. The summed E-state index contributed by atoms with van der Waals surface area (Å²) in [6, 6.07) is 11.8. The van der Waals surface area contributed by atoms with Crippen molar-refractivity contribution in [1.82, 2.24) is 0 Å². The first kappa shape index (κ1) is 20.5. The fourth-order valence-electron chi connectivity index (χ4n) is 2.85. The van der Waals surface area contributed by atoms with Gasteiger partial charge in [0.05, 0.1) is 36.1 Å². The van der Waals surface area contributed by atoms with E-state index in [1.165, 1.54) is 36.4 Å². The first-order valence-electron chi connectivity index (χ1n) is 8.83. The molecule has 1 fully saturated rings. The minimum Gasteiger partial charge on any atom is -0.484 e. The highest BCUT2D eigenvalue weighted by Gasteiger charge is 2.35. The Labute approximate surface area is 165 Å². The van der Waals surface area contributed by atoms with Crippen molar-refractivity contribution >= 4 is 17.3 Å². The Balaban J connectivity index is 1.69. The van der Waals surface area contributed by atoms with Crippen LogP contribution in [-0.4, -0.2) is 38.8 Å². The molecule has 1 N–H and O–H groups in total. The van der Waals surface area contributed by atoms with E-state index in [0.717, 1.165) is 6.07 Å². The number of nitrogens with one attached hydrogen (secondary N) is 1. The molecule has 0 atom stereocenters. The summed E-state index contributed by atoms with van der Waals surface area (Å²) in [6.45, 7) is 1.44. The van der Waals surface area contributed by atoms with Crippen LogP contribution in [-0.2, 0) is 15.7 Å². The second-order valence-corrected chi connectivity index (χ2v) is 6.30. The number of benzene rings is 2. The molecule has 29 heavy (non-hydrogen) atoms. The fraction of sp³-hybridized carbons (Fsp3) is 0.300. The van der Waals surface area contributed by atoms with Gasteiger partial charge in [-0.3, -0.25) is 4.79 Å². The fourth-order valence-corrected chi connectivity index (χ4v) is 2.85. The van der Waals surface area contributed by atoms with Gasteiger partial charge in [0.2, 0.25) is 0 Å². The van der Waals surface area contributed by atoms with Crippen molar-refractivity contribution in [1.29, 1.82) is 5.26 Å². The molecule has 1 heterocycles. The summed E-state index contributed by atoms with van der Waals surface area (Å²) in [7, 11) is 0. The average molecular weight is 405 g/mol. The zero-order chi connectivity index (χ0) is 20.9. The van der Waals surface area contributed by atoms with Gasteiger partial charge in [-0.05, 0) is 42.5 Å². The molecule has 0 radical (unpaired) electrons. The lowest BCUT2D eigenvalue weighted by atomic mass is 10.1. The third-order valence-electron chi connectivity index (χ3n) is 4.31. The third kappa shape index (κ3) is 5.39. The van der Waals surface area contributed by atoms with Crippen LogP contribution >= 0.6 is 0 Å². The summed E-state index contributed by atoms with van der Waals surface area (Å²) in [4.78, 5) is 13.9. The number of nitriles is 1. The van der Waals surface area contributed by atoms with Gasteiger partial charge in [0, 0.05) is 18.8 Å². The molecule has 1 aliphatic heterocycles. The molecule has 0 saturated carbocycles. The van der Waals surface area contributed by atoms with Crippen LogP contribution in [0.3, 0.4) is 0 Å². The molecule has 9 heteroatoms. The first-order valence-corrected chi connectivity index (χ1v) is 8.83. The molecule has 152 valence electrons. The lowest BCUT2D eigenvalue weighted by Crippen LogP contribution is -2.36. The van der Waals surface area contributed by atoms with E-state index in [0.29, 0.717) is 43.3 Å². The lowest BCUT2D eigenvalue weighted by molar-refractivity contribution is -0.137. The van der Waals surface area contributed by atoms with Crippen molar-refractivity contribution in [2.24, 2.45) is 0 Å². The number of halogens is 3. The summed E-state index contributed by atoms with van der Waals surface area (Å²) in [5.74, 6) is -0.392. The quantitative estimate of drug-likeness (QED) is 0.825. The number of alkyl halides is 3. The molecule has 0 bridgehead atoms. The molecule has 0 unspecified atom stereocenters. The largest absolute Gasteiger partial charge is 0.484 e. The van der Waals surface area contributed by atoms with Crippen molar-refractivity contribution in [2.75, 3.05) is 43.1 Å². The Morgan fingerprint density at radius 1 is 1.17 bits per heavy atom. The van der Waals surface area contributed by atoms with Crippen LogP contribution in [0.5, 0.6) is 5.75 Å². The van der Waals surface area contributed by atoms with Crippen molar-refractivity contribution in [3.63, 3.8) is 0 Å². The van der Waals surface area contributed by atoms with Gasteiger partial charge in [-0.15, -0.1) is 0 Å². The maximum absolute atomic E-state index is 13.5. The minimum atomic E-state index is -4.63. The summed E-state index contributed by atoms with van der Waals surface area (Å²) in [5.41, 5.74) is -0.402.